The average molecular weight is 252 g/mol. The molecule has 1 unspecified atom stereocenters. The fraction of sp³-hybridized carbons (Fsp3) is 0.462. The van der Waals surface area contributed by atoms with Gasteiger partial charge in [-0.1, -0.05) is 18.2 Å². The van der Waals surface area contributed by atoms with Gasteiger partial charge >= 0.3 is 0 Å². The Morgan fingerprint density at radius 2 is 2.33 bits per heavy atom. The second kappa shape index (κ2) is 5.93. The van der Waals surface area contributed by atoms with E-state index in [1.165, 1.54) is 13.2 Å². The summed E-state index contributed by atoms with van der Waals surface area (Å²) in [6.45, 7) is 1.25. The van der Waals surface area contributed by atoms with Crippen LogP contribution in [-0.2, 0) is 16.2 Å². The molecule has 2 rings (SSSR count). The van der Waals surface area contributed by atoms with E-state index in [0.29, 0.717) is 12.1 Å². The molecule has 1 fully saturated rings. The van der Waals surface area contributed by atoms with E-state index in [1.807, 2.05) is 4.90 Å². The van der Waals surface area contributed by atoms with Gasteiger partial charge in [-0.25, -0.2) is 9.87 Å². The SMILES string of the molecule is CONC(=O)C1CCCN1Cc1ccccc1F. The summed E-state index contributed by atoms with van der Waals surface area (Å²) < 4.78 is 13.6. The van der Waals surface area contributed by atoms with Gasteiger partial charge in [0.15, 0.2) is 0 Å². The predicted molar refractivity (Wildman–Crippen MR) is 65.0 cm³/mol. The number of hydroxylamine groups is 1. The first kappa shape index (κ1) is 13.0. The van der Waals surface area contributed by atoms with Crippen LogP contribution in [0.4, 0.5) is 4.39 Å². The molecule has 1 N–H and O–H groups in total. The van der Waals surface area contributed by atoms with Crippen molar-refractivity contribution in [1.82, 2.24) is 10.4 Å². The number of nitrogens with zero attached hydrogens (tertiary/aromatic N) is 1. The molecular formula is C13H17FN2O2. The van der Waals surface area contributed by atoms with Crippen molar-refractivity contribution in [3.05, 3.63) is 35.6 Å². The molecule has 1 aromatic carbocycles. The van der Waals surface area contributed by atoms with Gasteiger partial charge in [-0.2, -0.15) is 0 Å². The molecule has 0 bridgehead atoms. The van der Waals surface area contributed by atoms with Crippen LogP contribution in [0.25, 0.3) is 0 Å². The standard InChI is InChI=1S/C13H17FN2O2/c1-18-15-13(17)12-7-4-8-16(12)9-10-5-2-3-6-11(10)14/h2-3,5-6,12H,4,7-9H2,1H3,(H,15,17). The summed E-state index contributed by atoms with van der Waals surface area (Å²) in [5.41, 5.74) is 2.96. The van der Waals surface area contributed by atoms with Crippen molar-refractivity contribution in [2.45, 2.75) is 25.4 Å². The summed E-state index contributed by atoms with van der Waals surface area (Å²) in [6.07, 6.45) is 1.72. The molecule has 1 atom stereocenters. The van der Waals surface area contributed by atoms with Crippen molar-refractivity contribution in [2.24, 2.45) is 0 Å². The number of amides is 1. The number of carbonyl (C=O) groups excluding carboxylic acids is 1. The van der Waals surface area contributed by atoms with Crippen molar-refractivity contribution in [3.8, 4) is 0 Å². The van der Waals surface area contributed by atoms with Crippen molar-refractivity contribution < 1.29 is 14.0 Å². The molecule has 0 saturated carbocycles. The molecule has 4 nitrogen and oxygen atoms in total. The Bertz CT molecular complexity index is 425. The number of nitrogens with one attached hydrogen (secondary N) is 1. The zero-order chi connectivity index (χ0) is 13.0. The lowest BCUT2D eigenvalue weighted by atomic mass is 10.1. The van der Waals surface area contributed by atoms with Crippen LogP contribution in [0.15, 0.2) is 24.3 Å². The Labute approximate surface area is 106 Å². The number of carbonyl (C=O) groups is 1. The first-order valence-corrected chi connectivity index (χ1v) is 6.02. The van der Waals surface area contributed by atoms with Gasteiger partial charge in [0.2, 0.25) is 0 Å². The van der Waals surface area contributed by atoms with Crippen molar-refractivity contribution in [3.63, 3.8) is 0 Å². The fourth-order valence-electron chi connectivity index (χ4n) is 2.33. The Kier molecular flexibility index (Phi) is 4.28. The van der Waals surface area contributed by atoms with Gasteiger partial charge in [0.25, 0.3) is 5.91 Å². The maximum absolute atomic E-state index is 13.6. The third-order valence-corrected chi connectivity index (χ3v) is 3.20. The fourth-order valence-corrected chi connectivity index (χ4v) is 2.33. The van der Waals surface area contributed by atoms with E-state index in [4.69, 9.17) is 0 Å². The molecule has 0 aromatic heterocycles. The molecule has 1 aliphatic rings. The summed E-state index contributed by atoms with van der Waals surface area (Å²) in [4.78, 5) is 18.4. The molecule has 1 aliphatic heterocycles. The number of hydrogen-bond donors (Lipinski definition) is 1. The number of rotatable bonds is 4. The van der Waals surface area contributed by atoms with Crippen LogP contribution in [0.1, 0.15) is 18.4 Å². The normalized spacial score (nSPS) is 20.0. The lowest BCUT2D eigenvalue weighted by Crippen LogP contribution is -2.42. The summed E-state index contributed by atoms with van der Waals surface area (Å²) >= 11 is 0. The minimum absolute atomic E-state index is 0.161. The van der Waals surface area contributed by atoms with Gasteiger partial charge in [-0.15, -0.1) is 0 Å². The molecule has 0 radical (unpaired) electrons. The third kappa shape index (κ3) is 2.86. The zero-order valence-corrected chi connectivity index (χ0v) is 10.4. The minimum atomic E-state index is -0.232. The van der Waals surface area contributed by atoms with Crippen molar-refractivity contribution in [1.29, 1.82) is 0 Å². The highest BCUT2D eigenvalue weighted by Gasteiger charge is 2.30. The topological polar surface area (TPSA) is 41.6 Å². The minimum Gasteiger partial charge on any atom is -0.287 e. The van der Waals surface area contributed by atoms with Crippen LogP contribution in [0.3, 0.4) is 0 Å². The van der Waals surface area contributed by atoms with Crippen LogP contribution < -0.4 is 5.48 Å². The molecule has 5 heteroatoms. The molecule has 18 heavy (non-hydrogen) atoms. The highest BCUT2D eigenvalue weighted by atomic mass is 19.1. The van der Waals surface area contributed by atoms with E-state index in [2.05, 4.69) is 10.3 Å². The summed E-state index contributed by atoms with van der Waals surface area (Å²) in [6, 6.07) is 6.43. The van der Waals surface area contributed by atoms with Gasteiger partial charge in [0.05, 0.1) is 13.2 Å². The Morgan fingerprint density at radius 1 is 1.56 bits per heavy atom. The van der Waals surface area contributed by atoms with Crippen molar-refractivity contribution >= 4 is 5.91 Å². The van der Waals surface area contributed by atoms with Crippen LogP contribution in [0.2, 0.25) is 0 Å². The third-order valence-electron chi connectivity index (χ3n) is 3.20. The van der Waals surface area contributed by atoms with E-state index in [0.717, 1.165) is 19.4 Å². The van der Waals surface area contributed by atoms with Crippen LogP contribution in [-0.4, -0.2) is 30.5 Å². The molecule has 0 spiro atoms. The van der Waals surface area contributed by atoms with E-state index in [-0.39, 0.29) is 17.8 Å². The second-order valence-corrected chi connectivity index (χ2v) is 4.39. The highest BCUT2D eigenvalue weighted by Crippen LogP contribution is 2.21. The number of halogens is 1. The summed E-state index contributed by atoms with van der Waals surface area (Å²) in [5.74, 6) is -0.387. The summed E-state index contributed by atoms with van der Waals surface area (Å²) in [7, 11) is 1.41. The number of hydrogen-bond acceptors (Lipinski definition) is 3. The van der Waals surface area contributed by atoms with Crippen LogP contribution in [0.5, 0.6) is 0 Å². The van der Waals surface area contributed by atoms with E-state index in [9.17, 15) is 9.18 Å². The molecule has 1 saturated heterocycles. The van der Waals surface area contributed by atoms with Gasteiger partial charge < -0.3 is 0 Å². The Morgan fingerprint density at radius 3 is 3.06 bits per heavy atom. The lowest BCUT2D eigenvalue weighted by Gasteiger charge is -2.23. The molecule has 98 valence electrons. The average Bonchev–Trinajstić information content (AvgIpc) is 2.81. The maximum atomic E-state index is 13.6. The smallest absolute Gasteiger partial charge is 0.260 e. The van der Waals surface area contributed by atoms with E-state index in [1.54, 1.807) is 18.2 Å². The summed E-state index contributed by atoms with van der Waals surface area (Å²) in [5, 5.41) is 0. The first-order chi connectivity index (χ1) is 8.72. The Hall–Kier alpha value is -1.46. The van der Waals surface area contributed by atoms with Gasteiger partial charge in [0.1, 0.15) is 5.82 Å². The highest BCUT2D eigenvalue weighted by molar-refractivity contribution is 5.81. The lowest BCUT2D eigenvalue weighted by molar-refractivity contribution is -0.136. The monoisotopic (exact) mass is 252 g/mol. The van der Waals surface area contributed by atoms with Crippen molar-refractivity contribution in [2.75, 3.05) is 13.7 Å². The number of likely N-dealkylation sites (tertiary alicyclic amines) is 1. The predicted octanol–water partition coefficient (Wildman–Crippen LogP) is 1.47. The second-order valence-electron chi connectivity index (χ2n) is 4.39. The van der Waals surface area contributed by atoms with E-state index >= 15 is 0 Å². The van der Waals surface area contributed by atoms with Crippen LogP contribution >= 0.6 is 0 Å². The quantitative estimate of drug-likeness (QED) is 0.825. The van der Waals surface area contributed by atoms with Gasteiger partial charge in [-0.3, -0.25) is 14.5 Å². The van der Waals surface area contributed by atoms with Crippen LogP contribution in [0, 0.1) is 5.82 Å². The molecular weight excluding hydrogens is 235 g/mol. The number of benzene rings is 1. The van der Waals surface area contributed by atoms with Gasteiger partial charge in [0, 0.05) is 12.1 Å². The Balaban J connectivity index is 2.04. The molecule has 1 heterocycles. The maximum Gasteiger partial charge on any atom is 0.260 e. The molecule has 0 aliphatic carbocycles. The molecule has 1 aromatic rings. The largest absolute Gasteiger partial charge is 0.287 e. The first-order valence-electron chi connectivity index (χ1n) is 6.02. The van der Waals surface area contributed by atoms with E-state index < -0.39 is 0 Å². The van der Waals surface area contributed by atoms with Gasteiger partial charge in [-0.05, 0) is 25.5 Å². The zero-order valence-electron chi connectivity index (χ0n) is 10.4. The molecule has 1 amide bonds.